The van der Waals surface area contributed by atoms with Crippen LogP contribution in [0.4, 0.5) is 0 Å². The molecule has 0 fully saturated rings. The first-order valence-electron chi connectivity index (χ1n) is 15.4. The monoisotopic (exact) mass is 617 g/mol. The summed E-state index contributed by atoms with van der Waals surface area (Å²) in [6.07, 6.45) is 13.0. The normalized spacial score (nSPS) is 12.7. The molecule has 11 heteroatoms. The number of ether oxygens (including phenoxy) is 3. The van der Waals surface area contributed by atoms with Crippen molar-refractivity contribution in [3.8, 4) is 0 Å². The SMILES string of the molecule is CCCCCCCCCCCCCC(=O)OCCSC[C@H](CC(=O)OC(C)(C)C)C(=O)N[C@@H](CCC(=O)O)C(=O)OC. The number of carbonyl (C=O) groups excluding carboxylic acids is 4. The van der Waals surface area contributed by atoms with Crippen LogP contribution in [0, 0.1) is 5.92 Å². The van der Waals surface area contributed by atoms with Gasteiger partial charge in [-0.3, -0.25) is 19.2 Å². The van der Waals surface area contributed by atoms with Gasteiger partial charge in [-0.05, 0) is 33.6 Å². The Labute approximate surface area is 256 Å². The lowest BCUT2D eigenvalue weighted by Gasteiger charge is -2.23. The second-order valence-electron chi connectivity index (χ2n) is 11.6. The average molecular weight is 618 g/mol. The maximum Gasteiger partial charge on any atom is 0.328 e. The van der Waals surface area contributed by atoms with Gasteiger partial charge in [-0.1, -0.05) is 71.1 Å². The number of hydrogen-bond donors (Lipinski definition) is 2. The van der Waals surface area contributed by atoms with Crippen molar-refractivity contribution in [2.24, 2.45) is 5.92 Å². The van der Waals surface area contributed by atoms with E-state index in [1.165, 1.54) is 63.1 Å². The van der Waals surface area contributed by atoms with Gasteiger partial charge in [0.05, 0.1) is 19.4 Å². The van der Waals surface area contributed by atoms with Gasteiger partial charge in [0, 0.05) is 24.3 Å². The van der Waals surface area contributed by atoms with Crippen LogP contribution in [0.5, 0.6) is 0 Å². The van der Waals surface area contributed by atoms with E-state index in [0.29, 0.717) is 12.2 Å². The fourth-order valence-electron chi connectivity index (χ4n) is 4.21. The number of unbranched alkanes of at least 4 members (excludes halogenated alkanes) is 10. The fourth-order valence-corrected chi connectivity index (χ4v) is 5.13. The predicted molar refractivity (Wildman–Crippen MR) is 164 cm³/mol. The van der Waals surface area contributed by atoms with Crippen molar-refractivity contribution in [1.29, 1.82) is 0 Å². The molecule has 0 unspecified atom stereocenters. The summed E-state index contributed by atoms with van der Waals surface area (Å²) in [6, 6.07) is -1.15. The molecule has 0 saturated heterocycles. The minimum Gasteiger partial charge on any atom is -0.481 e. The maximum atomic E-state index is 13.0. The average Bonchev–Trinajstić information content (AvgIpc) is 2.91. The zero-order valence-electron chi connectivity index (χ0n) is 26.5. The molecule has 1 amide bonds. The second-order valence-corrected chi connectivity index (χ2v) is 12.7. The second kappa shape index (κ2) is 24.2. The third-order valence-corrected chi connectivity index (χ3v) is 7.54. The Kier molecular flexibility index (Phi) is 22.9. The molecule has 0 aromatic carbocycles. The summed E-state index contributed by atoms with van der Waals surface area (Å²) < 4.78 is 15.4. The molecule has 0 radical (unpaired) electrons. The van der Waals surface area contributed by atoms with Gasteiger partial charge in [0.2, 0.25) is 5.91 Å². The van der Waals surface area contributed by atoms with Gasteiger partial charge in [-0.25, -0.2) is 4.79 Å². The summed E-state index contributed by atoms with van der Waals surface area (Å²) >= 11 is 1.34. The Balaban J connectivity index is 4.51. The van der Waals surface area contributed by atoms with Gasteiger partial charge in [0.1, 0.15) is 18.2 Å². The number of amides is 1. The van der Waals surface area contributed by atoms with E-state index in [1.807, 2.05) is 0 Å². The molecule has 42 heavy (non-hydrogen) atoms. The van der Waals surface area contributed by atoms with Crippen LogP contribution in [0.1, 0.15) is 124 Å². The standard InChI is InChI=1S/C31H55NO9S/c1-6-7-8-9-10-11-12-13-14-15-16-17-27(35)40-20-21-42-23-24(22-28(36)41-31(2,3)4)29(37)32-25(30(38)39-5)18-19-26(33)34/h24-25H,6-23H2,1-5H3,(H,32,37)(H,33,34)/t24-,25-/m0/s1. The highest BCUT2D eigenvalue weighted by atomic mass is 32.2. The van der Waals surface area contributed by atoms with Crippen LogP contribution in [0.3, 0.4) is 0 Å². The quantitative estimate of drug-likeness (QED) is 0.0728. The molecule has 244 valence electrons. The number of carboxylic acids is 1. The minimum absolute atomic E-state index is 0.144. The van der Waals surface area contributed by atoms with Crippen molar-refractivity contribution in [1.82, 2.24) is 5.32 Å². The molecule has 0 bridgehead atoms. The Hall–Kier alpha value is -2.30. The van der Waals surface area contributed by atoms with E-state index in [0.717, 1.165) is 26.4 Å². The number of methoxy groups -OCH3 is 1. The zero-order chi connectivity index (χ0) is 31.8. The van der Waals surface area contributed by atoms with E-state index in [2.05, 4.69) is 17.0 Å². The summed E-state index contributed by atoms with van der Waals surface area (Å²) in [5.74, 6) is -3.46. The molecule has 0 aliphatic carbocycles. The fraction of sp³-hybridized carbons (Fsp3) is 0.839. The molecule has 0 aromatic rings. The summed E-state index contributed by atoms with van der Waals surface area (Å²) in [6.45, 7) is 7.58. The van der Waals surface area contributed by atoms with E-state index in [9.17, 15) is 24.0 Å². The number of carbonyl (C=O) groups is 5. The Morgan fingerprint density at radius 2 is 1.40 bits per heavy atom. The predicted octanol–water partition coefficient (Wildman–Crippen LogP) is 5.83. The highest BCUT2D eigenvalue weighted by molar-refractivity contribution is 7.99. The van der Waals surface area contributed by atoms with Crippen molar-refractivity contribution in [2.45, 2.75) is 136 Å². The highest BCUT2D eigenvalue weighted by Crippen LogP contribution is 2.18. The number of hydrogen-bond acceptors (Lipinski definition) is 9. The maximum absolute atomic E-state index is 13.0. The zero-order valence-corrected chi connectivity index (χ0v) is 27.3. The van der Waals surface area contributed by atoms with E-state index in [-0.39, 0.29) is 37.6 Å². The molecule has 0 rings (SSSR count). The van der Waals surface area contributed by atoms with Gasteiger partial charge in [0.15, 0.2) is 0 Å². The van der Waals surface area contributed by atoms with Crippen molar-refractivity contribution < 1.29 is 43.3 Å². The van der Waals surface area contributed by atoms with Crippen LogP contribution >= 0.6 is 11.8 Å². The van der Waals surface area contributed by atoms with Gasteiger partial charge < -0.3 is 24.6 Å². The number of aliphatic carboxylic acids is 1. The van der Waals surface area contributed by atoms with E-state index in [1.54, 1.807) is 20.8 Å². The van der Waals surface area contributed by atoms with Gasteiger partial charge in [-0.2, -0.15) is 11.8 Å². The highest BCUT2D eigenvalue weighted by Gasteiger charge is 2.30. The van der Waals surface area contributed by atoms with Crippen LogP contribution in [-0.2, 0) is 38.2 Å². The third-order valence-electron chi connectivity index (χ3n) is 6.45. The number of rotatable bonds is 25. The largest absolute Gasteiger partial charge is 0.481 e. The van der Waals surface area contributed by atoms with Crippen LogP contribution < -0.4 is 5.32 Å². The Morgan fingerprint density at radius 3 is 1.93 bits per heavy atom. The van der Waals surface area contributed by atoms with Gasteiger partial charge >= 0.3 is 23.9 Å². The number of thioether (sulfide) groups is 1. The molecule has 0 saturated carbocycles. The molecule has 0 spiro atoms. The van der Waals surface area contributed by atoms with Gasteiger partial charge in [-0.15, -0.1) is 0 Å². The first kappa shape index (κ1) is 39.7. The summed E-state index contributed by atoms with van der Waals surface area (Å²) in [7, 11) is 1.15. The van der Waals surface area contributed by atoms with E-state index < -0.39 is 41.4 Å². The molecule has 0 aliphatic rings. The number of esters is 3. The van der Waals surface area contributed by atoms with Crippen LogP contribution in [-0.4, -0.2) is 71.8 Å². The Morgan fingerprint density at radius 1 is 0.833 bits per heavy atom. The van der Waals surface area contributed by atoms with Crippen LogP contribution in [0.25, 0.3) is 0 Å². The molecule has 2 N–H and O–H groups in total. The van der Waals surface area contributed by atoms with Crippen LogP contribution in [0.15, 0.2) is 0 Å². The molecule has 0 heterocycles. The van der Waals surface area contributed by atoms with E-state index in [4.69, 9.17) is 14.6 Å². The van der Waals surface area contributed by atoms with Gasteiger partial charge in [0.25, 0.3) is 0 Å². The molecular weight excluding hydrogens is 562 g/mol. The molecular formula is C31H55NO9S. The van der Waals surface area contributed by atoms with Crippen molar-refractivity contribution in [2.75, 3.05) is 25.2 Å². The molecule has 2 atom stereocenters. The summed E-state index contributed by atoms with van der Waals surface area (Å²) in [5, 5.41) is 11.5. The third kappa shape index (κ3) is 23.3. The topological polar surface area (TPSA) is 145 Å². The van der Waals surface area contributed by atoms with E-state index >= 15 is 0 Å². The number of nitrogens with one attached hydrogen (secondary N) is 1. The smallest absolute Gasteiger partial charge is 0.328 e. The lowest BCUT2D eigenvalue weighted by atomic mass is 10.0. The van der Waals surface area contributed by atoms with Crippen molar-refractivity contribution >= 4 is 41.5 Å². The summed E-state index contributed by atoms with van der Waals surface area (Å²) in [5.41, 5.74) is -0.733. The minimum atomic E-state index is -1.15. The lowest BCUT2D eigenvalue weighted by molar-refractivity contribution is -0.157. The lowest BCUT2D eigenvalue weighted by Crippen LogP contribution is -2.45. The first-order chi connectivity index (χ1) is 19.9. The first-order valence-corrected chi connectivity index (χ1v) is 16.6. The Bertz CT molecular complexity index is 798. The van der Waals surface area contributed by atoms with Crippen molar-refractivity contribution in [3.05, 3.63) is 0 Å². The van der Waals surface area contributed by atoms with Crippen molar-refractivity contribution in [3.63, 3.8) is 0 Å². The summed E-state index contributed by atoms with van der Waals surface area (Å²) in [4.78, 5) is 60.5. The number of carboxylic acid groups (broad SMARTS) is 1. The molecule has 0 aliphatic heterocycles. The van der Waals surface area contributed by atoms with Crippen LogP contribution in [0.2, 0.25) is 0 Å². The molecule has 0 aromatic heterocycles. The molecule has 10 nitrogen and oxygen atoms in total.